The van der Waals surface area contributed by atoms with Crippen molar-refractivity contribution >= 4 is 0 Å². The Bertz CT molecular complexity index is 1310. The van der Waals surface area contributed by atoms with Crippen LogP contribution < -0.4 is 0 Å². The molecule has 51 heavy (non-hydrogen) atoms. The fraction of sp³-hybridized carbons (Fsp3) is 0.600. The van der Waals surface area contributed by atoms with Gasteiger partial charge in [0.2, 0.25) is 0 Å². The van der Waals surface area contributed by atoms with Crippen molar-refractivity contribution in [2.24, 2.45) is 0 Å². The van der Waals surface area contributed by atoms with Gasteiger partial charge in [0, 0.05) is 75.5 Å². The maximum Gasteiger partial charge on any atom is 0.0519 e. The number of nitrogens with zero attached hydrogens (tertiary/aromatic N) is 6. The molecule has 13 rings (SSSR count). The molecule has 10 aliphatic rings. The van der Waals surface area contributed by atoms with Crippen molar-refractivity contribution in [1.29, 1.82) is 0 Å². The normalized spacial score (nSPS) is 39.3. The SMILES string of the molecule is c1cc2ccc1CN1CN(Cc3ccc(cc3)CN3CN(Cc4ccc(cc4)CN4CN(C2)[C@H]2CCCC[C@@H]24)[C@H]2CCCC[C@@H]23)[C@H]2CCCC[C@@H]21. The van der Waals surface area contributed by atoms with Crippen molar-refractivity contribution in [2.45, 2.75) is 153 Å². The van der Waals surface area contributed by atoms with E-state index in [-0.39, 0.29) is 0 Å². The molecule has 3 saturated heterocycles. The Morgan fingerprint density at radius 3 is 0.569 bits per heavy atom. The highest BCUT2D eigenvalue weighted by Crippen LogP contribution is 2.38. The van der Waals surface area contributed by atoms with Crippen molar-refractivity contribution in [2.75, 3.05) is 20.0 Å². The third kappa shape index (κ3) is 6.75. The Balaban J connectivity index is 0.933. The highest BCUT2D eigenvalue weighted by molar-refractivity contribution is 5.26. The standard InChI is InChI=1S/C45H60N6/c1-2-8-41-40(7-1)46-25-34-13-15-36(16-14-34)27-48-32-50(43-10-4-3-9-42(43)48)29-38-21-23-39(24-22-38)30-51-33-49(44-11-5-6-12-45(44)51)28-37-19-17-35(18-20-37)26-47(41)31-46/h13-24,40-45H,1-12,25-33H2/t40-,41-,42-,43-,44-,45-/m0/s1. The minimum atomic E-state index is 0.695. The van der Waals surface area contributed by atoms with Crippen LogP contribution in [0.5, 0.6) is 0 Å². The zero-order chi connectivity index (χ0) is 33.7. The average molecular weight is 685 g/mol. The van der Waals surface area contributed by atoms with Crippen molar-refractivity contribution < 1.29 is 0 Å². The number of hydrogen-bond donors (Lipinski definition) is 0. The predicted octanol–water partition coefficient (Wildman–Crippen LogP) is 7.76. The van der Waals surface area contributed by atoms with Crippen molar-refractivity contribution in [3.8, 4) is 0 Å². The van der Waals surface area contributed by atoms with Crippen molar-refractivity contribution in [3.63, 3.8) is 0 Å². The molecule has 7 aliphatic heterocycles. The molecule has 270 valence electrons. The fourth-order valence-electron chi connectivity index (χ4n) is 11.8. The molecule has 6 heteroatoms. The molecule has 0 spiro atoms. The van der Waals surface area contributed by atoms with Gasteiger partial charge in [0.1, 0.15) is 0 Å². The van der Waals surface area contributed by atoms with Gasteiger partial charge < -0.3 is 0 Å². The smallest absolute Gasteiger partial charge is 0.0519 e. The Labute approximate surface area is 307 Å². The molecule has 0 amide bonds. The van der Waals surface area contributed by atoms with E-state index in [1.165, 1.54) is 110 Å². The van der Waals surface area contributed by atoms with Crippen LogP contribution in [0.15, 0.2) is 72.8 Å². The number of benzene rings is 3. The monoisotopic (exact) mass is 684 g/mol. The second kappa shape index (κ2) is 14.3. The van der Waals surface area contributed by atoms with Gasteiger partial charge in [0.25, 0.3) is 0 Å². The zero-order valence-corrected chi connectivity index (χ0v) is 30.9. The fourth-order valence-corrected chi connectivity index (χ4v) is 11.8. The summed E-state index contributed by atoms with van der Waals surface area (Å²) in [6, 6.07) is 33.5. The molecule has 3 aliphatic carbocycles. The maximum atomic E-state index is 2.82. The van der Waals surface area contributed by atoms with Crippen LogP contribution in [0.2, 0.25) is 0 Å². The van der Waals surface area contributed by atoms with Crippen LogP contribution in [0.25, 0.3) is 0 Å². The third-order valence-corrected chi connectivity index (χ3v) is 14.4. The van der Waals surface area contributed by atoms with Crippen LogP contribution in [0.3, 0.4) is 0 Å². The summed E-state index contributed by atoms with van der Waals surface area (Å²) in [5.41, 5.74) is 8.89. The summed E-state index contributed by atoms with van der Waals surface area (Å²) in [6.45, 7) is 9.75. The van der Waals surface area contributed by atoms with E-state index in [2.05, 4.69) is 102 Å². The number of fused-ring (bicyclic) bond motifs is 5. The van der Waals surface area contributed by atoms with Crippen LogP contribution in [-0.2, 0) is 39.3 Å². The van der Waals surface area contributed by atoms with Crippen LogP contribution in [0, 0.1) is 0 Å². The van der Waals surface area contributed by atoms with Gasteiger partial charge in [0.15, 0.2) is 0 Å². The molecule has 3 aromatic rings. The van der Waals surface area contributed by atoms with Crippen LogP contribution in [0.4, 0.5) is 0 Å². The first-order valence-corrected chi connectivity index (χ1v) is 20.9. The Kier molecular flexibility index (Phi) is 9.28. The molecule has 6 fully saturated rings. The lowest BCUT2D eigenvalue weighted by Crippen LogP contribution is -2.39. The summed E-state index contributed by atoms with van der Waals surface area (Å²) >= 11 is 0. The van der Waals surface area contributed by atoms with Crippen molar-refractivity contribution in [1.82, 2.24) is 29.4 Å². The molecule has 0 radical (unpaired) electrons. The molecule has 6 unspecified atom stereocenters. The van der Waals surface area contributed by atoms with E-state index < -0.39 is 0 Å². The molecule has 0 aromatic heterocycles. The van der Waals surface area contributed by atoms with Crippen molar-refractivity contribution in [3.05, 3.63) is 106 Å². The number of rotatable bonds is 0. The summed E-state index contributed by atoms with van der Waals surface area (Å²) in [7, 11) is 0. The van der Waals surface area contributed by atoms with Crippen LogP contribution in [0.1, 0.15) is 110 Å². The largest absolute Gasteiger partial charge is 0.282 e. The lowest BCUT2D eigenvalue weighted by atomic mass is 9.89. The summed E-state index contributed by atoms with van der Waals surface area (Å²) < 4.78 is 0. The molecule has 3 saturated carbocycles. The maximum absolute atomic E-state index is 2.82. The molecule has 6 nitrogen and oxygen atoms in total. The molecule has 12 bridgehead atoms. The zero-order valence-electron chi connectivity index (χ0n) is 30.9. The van der Waals surface area contributed by atoms with Gasteiger partial charge in [-0.1, -0.05) is 111 Å². The first-order valence-electron chi connectivity index (χ1n) is 20.9. The van der Waals surface area contributed by atoms with E-state index >= 15 is 0 Å². The second-order valence-electron chi connectivity index (χ2n) is 17.6. The van der Waals surface area contributed by atoms with E-state index in [1.807, 2.05) is 0 Å². The van der Waals surface area contributed by atoms with Gasteiger partial charge in [-0.05, 0) is 71.9 Å². The molecule has 3 aromatic carbocycles. The molecular formula is C45H60N6. The summed E-state index contributed by atoms with van der Waals surface area (Å²) in [5, 5.41) is 0. The Morgan fingerprint density at radius 1 is 0.255 bits per heavy atom. The first-order chi connectivity index (χ1) is 25.2. The summed E-state index contributed by atoms with van der Waals surface area (Å²) in [5.74, 6) is 0. The lowest BCUT2D eigenvalue weighted by molar-refractivity contribution is 0.196. The van der Waals surface area contributed by atoms with Gasteiger partial charge in [-0.3, -0.25) is 29.4 Å². The van der Waals surface area contributed by atoms with E-state index in [9.17, 15) is 0 Å². The summed E-state index contributed by atoms with van der Waals surface area (Å²) in [4.78, 5) is 16.9. The molecular weight excluding hydrogens is 625 g/mol. The minimum absolute atomic E-state index is 0.695. The lowest BCUT2D eigenvalue weighted by Gasteiger charge is -2.33. The molecule has 12 atom stereocenters. The third-order valence-electron chi connectivity index (χ3n) is 14.4. The van der Waals surface area contributed by atoms with Gasteiger partial charge >= 0.3 is 0 Å². The average Bonchev–Trinajstić information content (AvgIpc) is 3.82. The van der Waals surface area contributed by atoms with E-state index in [4.69, 9.17) is 0 Å². The topological polar surface area (TPSA) is 19.4 Å². The summed E-state index contributed by atoms with van der Waals surface area (Å²) in [6.07, 6.45) is 16.4. The number of hydrogen-bond acceptors (Lipinski definition) is 6. The first kappa shape index (κ1) is 33.0. The minimum Gasteiger partial charge on any atom is -0.282 e. The Morgan fingerprint density at radius 2 is 0.412 bits per heavy atom. The molecule has 7 heterocycles. The quantitative estimate of drug-likeness (QED) is 0.240. The Hall–Kier alpha value is -2.58. The highest BCUT2D eigenvalue weighted by Gasteiger charge is 2.43. The molecule has 0 N–H and O–H groups in total. The van der Waals surface area contributed by atoms with Crippen LogP contribution in [-0.4, -0.2) is 85.7 Å². The van der Waals surface area contributed by atoms with E-state index in [0.29, 0.717) is 36.3 Å². The van der Waals surface area contributed by atoms with Gasteiger partial charge in [-0.25, -0.2) is 0 Å². The van der Waals surface area contributed by atoms with Gasteiger partial charge in [-0.15, -0.1) is 0 Å². The van der Waals surface area contributed by atoms with E-state index in [0.717, 1.165) is 59.3 Å². The van der Waals surface area contributed by atoms with Gasteiger partial charge in [0.05, 0.1) is 20.0 Å². The van der Waals surface area contributed by atoms with Crippen LogP contribution >= 0.6 is 0 Å². The predicted molar refractivity (Wildman–Crippen MR) is 205 cm³/mol. The van der Waals surface area contributed by atoms with Gasteiger partial charge in [-0.2, -0.15) is 0 Å². The van der Waals surface area contributed by atoms with E-state index in [1.54, 1.807) is 0 Å². The second-order valence-corrected chi connectivity index (χ2v) is 17.6. The highest BCUT2D eigenvalue weighted by atomic mass is 15.4.